The molecule has 154 valence electrons. The molecule has 9 heteroatoms. The Kier molecular flexibility index (Phi) is 6.42. The second-order valence-corrected chi connectivity index (χ2v) is 8.11. The second-order valence-electron chi connectivity index (χ2n) is 6.65. The number of fused-ring (bicyclic) bond motifs is 1. The van der Waals surface area contributed by atoms with Gasteiger partial charge in [0.25, 0.3) is 0 Å². The number of aliphatic hydroxyl groups is 1. The Labute approximate surface area is 161 Å². The number of halogens is 2. The predicted molar refractivity (Wildman–Crippen MR) is 99.5 cm³/mol. The average molecular weight is 416 g/mol. The fourth-order valence-electron chi connectivity index (χ4n) is 2.83. The highest BCUT2D eigenvalue weighted by molar-refractivity contribution is 7.87. The maximum Gasteiger partial charge on any atom is 0.465 e. The van der Waals surface area contributed by atoms with Crippen molar-refractivity contribution in [3.63, 3.8) is 0 Å². The first-order valence-electron chi connectivity index (χ1n) is 8.68. The molecule has 0 aliphatic rings. The first-order valence-corrected chi connectivity index (χ1v) is 10.1. The standard InChI is InChI=1S/C19H22F2O6S/c1-3-18(23,4-2)11-13-8-9-14-6-5-7-15(16(14)10-13)12-27-17(22)19(20,21)28(24,25)26/h5-10,23H,3-4,11-12H2,1-2H3,(H,24,25,26). The van der Waals surface area contributed by atoms with Crippen molar-refractivity contribution < 1.29 is 36.4 Å². The Hall–Kier alpha value is -2.10. The van der Waals surface area contributed by atoms with E-state index in [1.807, 2.05) is 19.9 Å². The number of hydrogen-bond donors (Lipinski definition) is 2. The van der Waals surface area contributed by atoms with E-state index in [1.165, 1.54) is 0 Å². The number of benzene rings is 2. The maximum absolute atomic E-state index is 13.3. The smallest absolute Gasteiger partial charge is 0.455 e. The van der Waals surface area contributed by atoms with Crippen LogP contribution >= 0.6 is 0 Å². The first-order chi connectivity index (χ1) is 12.9. The summed E-state index contributed by atoms with van der Waals surface area (Å²) in [6, 6.07) is 10.4. The van der Waals surface area contributed by atoms with Crippen molar-refractivity contribution in [1.82, 2.24) is 0 Å². The molecule has 2 N–H and O–H groups in total. The summed E-state index contributed by atoms with van der Waals surface area (Å²) < 4.78 is 60.8. The number of rotatable bonds is 8. The molecule has 2 aromatic carbocycles. The van der Waals surface area contributed by atoms with Gasteiger partial charge in [-0.1, -0.05) is 50.2 Å². The van der Waals surface area contributed by atoms with Crippen molar-refractivity contribution >= 4 is 26.9 Å². The van der Waals surface area contributed by atoms with E-state index in [0.29, 0.717) is 30.2 Å². The van der Waals surface area contributed by atoms with Gasteiger partial charge in [-0.25, -0.2) is 4.79 Å². The van der Waals surface area contributed by atoms with Crippen LogP contribution < -0.4 is 0 Å². The van der Waals surface area contributed by atoms with E-state index in [9.17, 15) is 27.1 Å². The van der Waals surface area contributed by atoms with E-state index in [0.717, 1.165) is 10.9 Å². The van der Waals surface area contributed by atoms with Crippen LogP contribution in [0.5, 0.6) is 0 Å². The SMILES string of the molecule is CCC(O)(CC)Cc1ccc2cccc(COC(=O)C(F)(F)S(=O)(=O)O)c2c1. The van der Waals surface area contributed by atoms with Crippen molar-refractivity contribution in [2.75, 3.05) is 0 Å². The van der Waals surface area contributed by atoms with Crippen molar-refractivity contribution in [3.05, 3.63) is 47.5 Å². The number of alkyl halides is 2. The van der Waals surface area contributed by atoms with Gasteiger partial charge in [0.05, 0.1) is 5.60 Å². The summed E-state index contributed by atoms with van der Waals surface area (Å²) in [5, 5.41) is 6.87. The lowest BCUT2D eigenvalue weighted by Crippen LogP contribution is -2.38. The first kappa shape index (κ1) is 22.2. The van der Waals surface area contributed by atoms with Gasteiger partial charge in [-0.2, -0.15) is 17.2 Å². The van der Waals surface area contributed by atoms with Crippen molar-refractivity contribution in [2.24, 2.45) is 0 Å². The monoisotopic (exact) mass is 416 g/mol. The molecular weight excluding hydrogens is 394 g/mol. The zero-order valence-corrected chi connectivity index (χ0v) is 16.3. The van der Waals surface area contributed by atoms with E-state index in [-0.39, 0.29) is 0 Å². The highest BCUT2D eigenvalue weighted by Crippen LogP contribution is 2.27. The van der Waals surface area contributed by atoms with Crippen LogP contribution in [0, 0.1) is 0 Å². The van der Waals surface area contributed by atoms with Gasteiger partial charge in [-0.15, -0.1) is 0 Å². The number of ether oxygens (including phenoxy) is 1. The summed E-state index contributed by atoms with van der Waals surface area (Å²) in [6.07, 6.45) is 1.52. The second kappa shape index (κ2) is 8.10. The molecule has 6 nitrogen and oxygen atoms in total. The van der Waals surface area contributed by atoms with Crippen LogP contribution in [0.1, 0.15) is 37.8 Å². The van der Waals surface area contributed by atoms with Crippen LogP contribution in [0.3, 0.4) is 0 Å². The van der Waals surface area contributed by atoms with Gasteiger partial charge in [0.1, 0.15) is 6.61 Å². The minimum Gasteiger partial charge on any atom is -0.455 e. The quantitative estimate of drug-likeness (QED) is 0.505. The van der Waals surface area contributed by atoms with Gasteiger partial charge in [0.2, 0.25) is 0 Å². The van der Waals surface area contributed by atoms with Crippen molar-refractivity contribution in [3.8, 4) is 0 Å². The summed E-state index contributed by atoms with van der Waals surface area (Å²) >= 11 is 0. The Balaban J connectivity index is 2.30. The molecule has 0 aliphatic heterocycles. The summed E-state index contributed by atoms with van der Waals surface area (Å²) in [4.78, 5) is 11.4. The Morgan fingerprint density at radius 2 is 1.79 bits per heavy atom. The van der Waals surface area contributed by atoms with E-state index in [2.05, 4.69) is 4.74 Å². The fraction of sp³-hybridized carbons (Fsp3) is 0.421. The number of carbonyl (C=O) groups is 1. The summed E-state index contributed by atoms with van der Waals surface area (Å²) in [5.74, 6) is -2.35. The highest BCUT2D eigenvalue weighted by Gasteiger charge is 2.54. The van der Waals surface area contributed by atoms with E-state index < -0.39 is 33.5 Å². The molecule has 0 radical (unpaired) electrons. The van der Waals surface area contributed by atoms with Gasteiger partial charge in [0.15, 0.2) is 0 Å². The summed E-state index contributed by atoms with van der Waals surface area (Å²) in [7, 11) is -5.92. The van der Waals surface area contributed by atoms with Crippen LogP contribution in [0.4, 0.5) is 8.78 Å². The third kappa shape index (κ3) is 4.65. The van der Waals surface area contributed by atoms with E-state index in [1.54, 1.807) is 30.3 Å². The van der Waals surface area contributed by atoms with Gasteiger partial charge in [-0.3, -0.25) is 4.55 Å². The molecule has 0 saturated carbocycles. The van der Waals surface area contributed by atoms with Gasteiger partial charge < -0.3 is 9.84 Å². The maximum atomic E-state index is 13.3. The van der Waals surface area contributed by atoms with Gasteiger partial charge in [-0.05, 0) is 34.7 Å². The lowest BCUT2D eigenvalue weighted by atomic mass is 9.88. The molecule has 2 rings (SSSR count). The average Bonchev–Trinajstić information content (AvgIpc) is 2.64. The zero-order valence-electron chi connectivity index (χ0n) is 15.5. The largest absolute Gasteiger partial charge is 0.465 e. The normalized spacial score (nSPS) is 12.9. The molecule has 0 saturated heterocycles. The molecule has 0 fully saturated rings. The van der Waals surface area contributed by atoms with Crippen LogP contribution in [0.2, 0.25) is 0 Å². The van der Waals surface area contributed by atoms with Gasteiger partial charge >= 0.3 is 21.3 Å². The third-order valence-electron chi connectivity index (χ3n) is 4.81. The molecule has 0 amide bonds. The van der Waals surface area contributed by atoms with Crippen LogP contribution in [-0.4, -0.2) is 34.9 Å². The van der Waals surface area contributed by atoms with Crippen LogP contribution in [0.25, 0.3) is 10.8 Å². The number of carbonyl (C=O) groups excluding carboxylic acids is 1. The van der Waals surface area contributed by atoms with E-state index in [4.69, 9.17) is 4.55 Å². The zero-order chi connectivity index (χ0) is 21.2. The minimum atomic E-state index is -5.92. The molecule has 0 unspecified atom stereocenters. The van der Waals surface area contributed by atoms with Crippen molar-refractivity contribution in [2.45, 2.75) is 50.6 Å². The molecule has 0 aromatic heterocycles. The number of esters is 1. The molecule has 0 atom stereocenters. The molecular formula is C19H22F2O6S. The third-order valence-corrected chi connectivity index (χ3v) is 5.62. The summed E-state index contributed by atoms with van der Waals surface area (Å²) in [5.41, 5.74) is 0.336. The summed E-state index contributed by atoms with van der Waals surface area (Å²) in [6.45, 7) is 3.16. The number of hydrogen-bond acceptors (Lipinski definition) is 5. The lowest BCUT2D eigenvalue weighted by molar-refractivity contribution is -0.162. The van der Waals surface area contributed by atoms with Crippen LogP contribution in [0.15, 0.2) is 36.4 Å². The van der Waals surface area contributed by atoms with Crippen molar-refractivity contribution in [1.29, 1.82) is 0 Å². The Morgan fingerprint density at radius 1 is 1.14 bits per heavy atom. The fourth-order valence-corrected chi connectivity index (χ4v) is 3.10. The Bertz CT molecular complexity index is 968. The predicted octanol–water partition coefficient (Wildman–Crippen LogP) is 3.46. The molecule has 28 heavy (non-hydrogen) atoms. The molecule has 0 bridgehead atoms. The molecule has 0 aliphatic carbocycles. The minimum absolute atomic E-state index is 0.385. The lowest BCUT2D eigenvalue weighted by Gasteiger charge is -2.25. The van der Waals surface area contributed by atoms with E-state index >= 15 is 0 Å². The van der Waals surface area contributed by atoms with Crippen LogP contribution in [-0.2, 0) is 32.7 Å². The topological polar surface area (TPSA) is 101 Å². The van der Waals surface area contributed by atoms with Gasteiger partial charge in [0, 0.05) is 6.42 Å². The molecule has 0 heterocycles. The highest BCUT2D eigenvalue weighted by atomic mass is 32.2. The molecule has 0 spiro atoms. The Morgan fingerprint density at radius 3 is 2.36 bits per heavy atom. The molecule has 2 aromatic rings.